The van der Waals surface area contributed by atoms with Gasteiger partial charge in [-0.15, -0.1) is 0 Å². The summed E-state index contributed by atoms with van der Waals surface area (Å²) < 4.78 is 0.426. The normalized spacial score (nSPS) is 13.1. The molecule has 2 rings (SSSR count). The highest BCUT2D eigenvalue weighted by molar-refractivity contribution is 9.10. The molecule has 0 spiro atoms. The van der Waals surface area contributed by atoms with Gasteiger partial charge in [0.05, 0.1) is 20.8 Å². The quantitative estimate of drug-likeness (QED) is 0.570. The third kappa shape index (κ3) is 1.27. The number of halogens is 1. The summed E-state index contributed by atoms with van der Waals surface area (Å²) in [6, 6.07) is 3.09. The molecule has 0 bridgehead atoms. The van der Waals surface area contributed by atoms with Gasteiger partial charge in [0.1, 0.15) is 0 Å². The molecule has 0 aromatic heterocycles. The number of nitro groups is 1. The molecule has 0 fully saturated rings. The molecule has 1 aliphatic heterocycles. The maximum atomic E-state index is 10.6. The van der Waals surface area contributed by atoms with Crippen molar-refractivity contribution in [2.45, 2.75) is 6.92 Å². The van der Waals surface area contributed by atoms with Crippen LogP contribution in [0.4, 0.5) is 11.4 Å². The lowest BCUT2D eigenvalue weighted by Crippen LogP contribution is -1.94. The molecule has 0 atom stereocenters. The number of fused-ring (bicyclic) bond motifs is 1. The van der Waals surface area contributed by atoms with Crippen molar-refractivity contribution in [1.82, 2.24) is 5.43 Å². The molecule has 71 valence electrons. The molecule has 0 amide bonds. The van der Waals surface area contributed by atoms with E-state index in [9.17, 15) is 10.1 Å². The van der Waals surface area contributed by atoms with Crippen LogP contribution in [0.15, 0.2) is 21.7 Å². The molecule has 1 aromatic carbocycles. The van der Waals surface area contributed by atoms with Gasteiger partial charge in [-0.25, -0.2) is 0 Å². The maximum Gasteiger partial charge on any atom is 0.284 e. The van der Waals surface area contributed by atoms with Crippen LogP contribution in [0.25, 0.3) is 0 Å². The molecule has 0 aliphatic carbocycles. The van der Waals surface area contributed by atoms with Crippen molar-refractivity contribution in [3.8, 4) is 0 Å². The number of rotatable bonds is 1. The van der Waals surface area contributed by atoms with Gasteiger partial charge in [-0.05, 0) is 28.9 Å². The summed E-state index contributed by atoms with van der Waals surface area (Å²) in [6.45, 7) is 1.77. The molecular formula is C8H5BrN3O2. The van der Waals surface area contributed by atoms with Crippen LogP contribution < -0.4 is 5.43 Å². The largest absolute Gasteiger partial charge is 0.284 e. The van der Waals surface area contributed by atoms with E-state index in [1.807, 2.05) is 0 Å². The lowest BCUT2D eigenvalue weighted by Gasteiger charge is -1.99. The standard InChI is InChI=1S/C8H5BrN3O2/c1-4-5-2-8(12(13)14)6(9)3-7(5)11-10-4/h2-3H,1H3. The Labute approximate surface area is 88.1 Å². The van der Waals surface area contributed by atoms with Gasteiger partial charge in [0.25, 0.3) is 5.69 Å². The number of nitrogens with zero attached hydrogens (tertiary/aromatic N) is 3. The zero-order valence-corrected chi connectivity index (χ0v) is 8.78. The van der Waals surface area contributed by atoms with Crippen LogP contribution in [0, 0.1) is 10.1 Å². The first kappa shape index (κ1) is 9.14. The smallest absolute Gasteiger partial charge is 0.258 e. The Hall–Kier alpha value is -1.43. The number of hydrogen-bond donors (Lipinski definition) is 0. The fraction of sp³-hybridized carbons (Fsp3) is 0.125. The van der Waals surface area contributed by atoms with E-state index in [2.05, 4.69) is 26.5 Å². The van der Waals surface area contributed by atoms with Gasteiger partial charge in [0.2, 0.25) is 0 Å². The van der Waals surface area contributed by atoms with Crippen LogP contribution in [0.3, 0.4) is 0 Å². The van der Waals surface area contributed by atoms with Crippen molar-refractivity contribution in [3.05, 3.63) is 32.3 Å². The first-order valence-corrected chi connectivity index (χ1v) is 4.62. The molecule has 5 nitrogen and oxygen atoms in total. The van der Waals surface area contributed by atoms with Crippen molar-refractivity contribution >= 4 is 33.0 Å². The molecule has 0 saturated carbocycles. The zero-order valence-electron chi connectivity index (χ0n) is 7.19. The molecule has 1 aromatic rings. The second kappa shape index (κ2) is 3.06. The van der Waals surface area contributed by atoms with Crippen LogP contribution in [0.5, 0.6) is 0 Å². The highest BCUT2D eigenvalue weighted by Crippen LogP contribution is 2.33. The minimum Gasteiger partial charge on any atom is -0.258 e. The first-order valence-electron chi connectivity index (χ1n) is 3.83. The molecule has 6 heteroatoms. The SMILES string of the molecule is CC1=N[N]c2cc(Br)c([N+](=O)[O-])cc21. The van der Waals surface area contributed by atoms with Crippen LogP contribution >= 0.6 is 15.9 Å². The number of hydrogen-bond acceptors (Lipinski definition) is 3. The van der Waals surface area contributed by atoms with Crippen LogP contribution in [0.2, 0.25) is 0 Å². The van der Waals surface area contributed by atoms with Gasteiger partial charge in [-0.1, -0.05) is 0 Å². The van der Waals surface area contributed by atoms with Crippen LogP contribution in [-0.2, 0) is 0 Å². The van der Waals surface area contributed by atoms with E-state index in [0.717, 1.165) is 5.56 Å². The van der Waals surface area contributed by atoms with Crippen LogP contribution in [-0.4, -0.2) is 10.6 Å². The summed E-state index contributed by atoms with van der Waals surface area (Å²) in [5.41, 5.74) is 6.01. The minimum atomic E-state index is -0.435. The summed E-state index contributed by atoms with van der Waals surface area (Å²) in [6.07, 6.45) is 0. The maximum absolute atomic E-state index is 10.6. The van der Waals surface area contributed by atoms with E-state index in [1.54, 1.807) is 13.0 Å². The van der Waals surface area contributed by atoms with E-state index in [-0.39, 0.29) is 5.69 Å². The molecule has 0 saturated heterocycles. The van der Waals surface area contributed by atoms with Gasteiger partial charge in [-0.3, -0.25) is 10.1 Å². The third-order valence-electron chi connectivity index (χ3n) is 1.96. The predicted octanol–water partition coefficient (Wildman–Crippen LogP) is 2.33. The van der Waals surface area contributed by atoms with Crippen molar-refractivity contribution in [3.63, 3.8) is 0 Å². The minimum absolute atomic E-state index is 0.0374. The Kier molecular flexibility index (Phi) is 1.99. The summed E-state index contributed by atoms with van der Waals surface area (Å²) in [5.74, 6) is 0. The summed E-state index contributed by atoms with van der Waals surface area (Å²) in [7, 11) is 0. The van der Waals surface area contributed by atoms with Crippen molar-refractivity contribution in [2.24, 2.45) is 5.10 Å². The fourth-order valence-electron chi connectivity index (χ4n) is 1.25. The number of nitro benzene ring substituents is 1. The molecule has 14 heavy (non-hydrogen) atoms. The molecule has 1 aliphatic rings. The van der Waals surface area contributed by atoms with Crippen LogP contribution in [0.1, 0.15) is 12.5 Å². The van der Waals surface area contributed by atoms with Crippen molar-refractivity contribution < 1.29 is 4.92 Å². The first-order chi connectivity index (χ1) is 6.59. The Bertz CT molecular complexity index is 455. The molecule has 0 unspecified atom stereocenters. The van der Waals surface area contributed by atoms with Gasteiger partial charge < -0.3 is 0 Å². The molecule has 1 heterocycles. The highest BCUT2D eigenvalue weighted by atomic mass is 79.9. The van der Waals surface area contributed by atoms with Gasteiger partial charge in [0.15, 0.2) is 0 Å². The predicted molar refractivity (Wildman–Crippen MR) is 54.8 cm³/mol. The van der Waals surface area contributed by atoms with Gasteiger partial charge in [0, 0.05) is 11.6 Å². The second-order valence-electron chi connectivity index (χ2n) is 2.86. The summed E-state index contributed by atoms with van der Waals surface area (Å²) >= 11 is 3.12. The van der Waals surface area contributed by atoms with Crippen molar-refractivity contribution in [1.29, 1.82) is 0 Å². The molecule has 0 N–H and O–H groups in total. The Morgan fingerprint density at radius 3 is 2.86 bits per heavy atom. The average Bonchev–Trinajstić information content (AvgIpc) is 2.46. The summed E-state index contributed by atoms with van der Waals surface area (Å²) in [5, 5.41) is 14.5. The molecular weight excluding hydrogens is 250 g/mol. The van der Waals surface area contributed by atoms with E-state index in [4.69, 9.17) is 0 Å². The summed E-state index contributed by atoms with van der Waals surface area (Å²) in [4.78, 5) is 10.2. The van der Waals surface area contributed by atoms with E-state index < -0.39 is 4.92 Å². The highest BCUT2D eigenvalue weighted by Gasteiger charge is 2.21. The Balaban J connectivity index is 2.62. The second-order valence-corrected chi connectivity index (χ2v) is 3.72. The van der Waals surface area contributed by atoms with E-state index >= 15 is 0 Å². The fourth-order valence-corrected chi connectivity index (χ4v) is 1.72. The average molecular weight is 255 g/mol. The van der Waals surface area contributed by atoms with Crippen molar-refractivity contribution in [2.75, 3.05) is 0 Å². The zero-order chi connectivity index (χ0) is 10.3. The lowest BCUT2D eigenvalue weighted by molar-refractivity contribution is -0.385. The monoisotopic (exact) mass is 254 g/mol. The Morgan fingerprint density at radius 1 is 1.50 bits per heavy atom. The Morgan fingerprint density at radius 2 is 2.21 bits per heavy atom. The van der Waals surface area contributed by atoms with E-state index in [1.165, 1.54) is 6.07 Å². The van der Waals surface area contributed by atoms with Gasteiger partial charge >= 0.3 is 0 Å². The number of benzene rings is 1. The molecule has 1 radical (unpaired) electrons. The van der Waals surface area contributed by atoms with E-state index in [0.29, 0.717) is 15.9 Å². The van der Waals surface area contributed by atoms with Gasteiger partial charge in [-0.2, -0.15) is 10.5 Å². The lowest BCUT2D eigenvalue weighted by atomic mass is 10.1. The topological polar surface area (TPSA) is 69.6 Å². The third-order valence-corrected chi connectivity index (χ3v) is 2.59.